The molecule has 1 fully saturated rings. The molecule has 0 aromatic heterocycles. The fourth-order valence-electron chi connectivity index (χ4n) is 2.61. The van der Waals surface area contributed by atoms with Gasteiger partial charge in [0.25, 0.3) is 0 Å². The zero-order valence-electron chi connectivity index (χ0n) is 12.6. The highest BCUT2D eigenvalue weighted by Crippen LogP contribution is 2.23. The summed E-state index contributed by atoms with van der Waals surface area (Å²) in [6, 6.07) is 5.36. The van der Waals surface area contributed by atoms with Crippen molar-refractivity contribution in [3.05, 3.63) is 34.9 Å². The zero-order valence-corrected chi connectivity index (χ0v) is 12.6. The predicted molar refractivity (Wildman–Crippen MR) is 79.1 cm³/mol. The molecule has 1 saturated heterocycles. The molecule has 1 aromatic carbocycles. The smallest absolute Gasteiger partial charge is 0.320 e. The molecule has 0 N–H and O–H groups in total. The molecule has 4 nitrogen and oxygen atoms in total. The van der Waals surface area contributed by atoms with Gasteiger partial charge in [0, 0.05) is 26.2 Å². The van der Waals surface area contributed by atoms with E-state index in [4.69, 9.17) is 0 Å². The maximum atomic E-state index is 12.6. The van der Waals surface area contributed by atoms with Crippen molar-refractivity contribution < 1.29 is 9.59 Å². The van der Waals surface area contributed by atoms with E-state index >= 15 is 0 Å². The van der Waals surface area contributed by atoms with Gasteiger partial charge in [0.1, 0.15) is 0 Å². The average molecular weight is 274 g/mol. The van der Waals surface area contributed by atoms with Gasteiger partial charge in [-0.15, -0.1) is 0 Å². The summed E-state index contributed by atoms with van der Waals surface area (Å²) in [4.78, 5) is 28.0. The number of rotatable bonds is 2. The summed E-state index contributed by atoms with van der Waals surface area (Å²) < 4.78 is 0. The van der Waals surface area contributed by atoms with Crippen LogP contribution in [0.2, 0.25) is 0 Å². The van der Waals surface area contributed by atoms with Crippen LogP contribution in [0.25, 0.3) is 0 Å². The predicted octanol–water partition coefficient (Wildman–Crippen LogP) is 2.63. The van der Waals surface area contributed by atoms with E-state index in [9.17, 15) is 9.59 Å². The van der Waals surface area contributed by atoms with Crippen molar-refractivity contribution >= 4 is 11.8 Å². The second kappa shape index (κ2) is 5.65. The third kappa shape index (κ3) is 2.69. The van der Waals surface area contributed by atoms with E-state index in [1.165, 1.54) is 10.5 Å². The lowest BCUT2D eigenvalue weighted by Crippen LogP contribution is -2.45. The van der Waals surface area contributed by atoms with E-state index in [-0.39, 0.29) is 17.9 Å². The number of amides is 2. The summed E-state index contributed by atoms with van der Waals surface area (Å²) in [5, 5.41) is 0. The Labute approximate surface area is 120 Å². The summed E-state index contributed by atoms with van der Waals surface area (Å²) in [6.45, 7) is 4.70. The fourth-order valence-corrected chi connectivity index (χ4v) is 2.61. The molecule has 1 aromatic rings. The molecule has 1 atom stereocenters. The second-order valence-electron chi connectivity index (χ2n) is 5.69. The molecule has 2 amide bonds. The number of benzene rings is 1. The van der Waals surface area contributed by atoms with Crippen molar-refractivity contribution in [1.29, 1.82) is 0 Å². The lowest BCUT2D eigenvalue weighted by Gasteiger charge is -2.27. The molecule has 1 heterocycles. The normalized spacial score (nSPS) is 18.2. The first-order valence-corrected chi connectivity index (χ1v) is 7.01. The largest absolute Gasteiger partial charge is 0.331 e. The summed E-state index contributed by atoms with van der Waals surface area (Å²) in [7, 11) is 3.44. The van der Waals surface area contributed by atoms with Gasteiger partial charge in [0.2, 0.25) is 0 Å². The second-order valence-corrected chi connectivity index (χ2v) is 5.69. The molecule has 0 aliphatic carbocycles. The topological polar surface area (TPSA) is 40.6 Å². The van der Waals surface area contributed by atoms with Crippen molar-refractivity contribution in [3.8, 4) is 0 Å². The van der Waals surface area contributed by atoms with Gasteiger partial charge >= 0.3 is 6.03 Å². The molecule has 1 aliphatic rings. The number of ketones is 1. The maximum Gasteiger partial charge on any atom is 0.320 e. The van der Waals surface area contributed by atoms with Gasteiger partial charge in [-0.05, 0) is 43.9 Å². The van der Waals surface area contributed by atoms with E-state index in [0.29, 0.717) is 12.1 Å². The third-order valence-corrected chi connectivity index (χ3v) is 3.98. The maximum absolute atomic E-state index is 12.6. The molecule has 20 heavy (non-hydrogen) atoms. The minimum Gasteiger partial charge on any atom is -0.331 e. The average Bonchev–Trinajstić information content (AvgIpc) is 2.89. The Balaban J connectivity index is 2.23. The Morgan fingerprint density at radius 3 is 2.50 bits per heavy atom. The number of aryl methyl sites for hydroxylation is 2. The van der Waals surface area contributed by atoms with Crippen LogP contribution in [0.15, 0.2) is 18.2 Å². The standard InChI is InChI=1S/C16H22N2O2/c1-11-7-8-13(10-12(11)2)15(19)14-6-5-9-18(14)16(20)17(3)4/h7-8,10,14H,5-6,9H2,1-4H3. The van der Waals surface area contributed by atoms with Gasteiger partial charge in [0.15, 0.2) is 5.78 Å². The number of nitrogens with zero attached hydrogens (tertiary/aromatic N) is 2. The third-order valence-electron chi connectivity index (χ3n) is 3.98. The van der Waals surface area contributed by atoms with Crippen LogP contribution in [0.4, 0.5) is 4.79 Å². The minimum atomic E-state index is -0.313. The van der Waals surface area contributed by atoms with Crippen molar-refractivity contribution in [2.45, 2.75) is 32.7 Å². The Bertz CT molecular complexity index is 537. The summed E-state index contributed by atoms with van der Waals surface area (Å²) >= 11 is 0. The molecule has 1 unspecified atom stereocenters. The monoisotopic (exact) mass is 274 g/mol. The van der Waals surface area contributed by atoms with Crippen LogP contribution in [-0.2, 0) is 0 Å². The van der Waals surface area contributed by atoms with E-state index < -0.39 is 0 Å². The Hall–Kier alpha value is -1.84. The summed E-state index contributed by atoms with van der Waals surface area (Å²) in [6.07, 6.45) is 1.65. The van der Waals surface area contributed by atoms with Crippen molar-refractivity contribution in [3.63, 3.8) is 0 Å². The van der Waals surface area contributed by atoms with Gasteiger partial charge < -0.3 is 9.80 Å². The number of carbonyl (C=O) groups is 2. The van der Waals surface area contributed by atoms with Crippen molar-refractivity contribution in [2.75, 3.05) is 20.6 Å². The quantitative estimate of drug-likeness (QED) is 0.778. The summed E-state index contributed by atoms with van der Waals surface area (Å²) in [5.74, 6) is 0.0563. The van der Waals surface area contributed by atoms with Crippen LogP contribution in [-0.4, -0.2) is 48.3 Å². The van der Waals surface area contributed by atoms with E-state index in [1.807, 2.05) is 32.0 Å². The minimum absolute atomic E-state index is 0.0563. The molecule has 1 aliphatic heterocycles. The number of likely N-dealkylation sites (tertiary alicyclic amines) is 1. The molecular weight excluding hydrogens is 252 g/mol. The van der Waals surface area contributed by atoms with Gasteiger partial charge in [-0.2, -0.15) is 0 Å². The van der Waals surface area contributed by atoms with Gasteiger partial charge in [-0.1, -0.05) is 12.1 Å². The molecule has 0 spiro atoms. The molecule has 4 heteroatoms. The number of carbonyl (C=O) groups excluding carboxylic acids is 2. The Kier molecular flexibility index (Phi) is 4.12. The number of hydrogen-bond acceptors (Lipinski definition) is 2. The highest BCUT2D eigenvalue weighted by molar-refractivity contribution is 6.02. The molecule has 2 rings (SSSR count). The molecule has 108 valence electrons. The van der Waals surface area contributed by atoms with Crippen LogP contribution in [0, 0.1) is 13.8 Å². The number of hydrogen-bond donors (Lipinski definition) is 0. The Morgan fingerprint density at radius 2 is 1.90 bits per heavy atom. The van der Waals surface area contributed by atoms with Crippen LogP contribution < -0.4 is 0 Å². The van der Waals surface area contributed by atoms with Gasteiger partial charge in [-0.25, -0.2) is 4.79 Å². The van der Waals surface area contributed by atoms with E-state index in [2.05, 4.69) is 0 Å². The van der Waals surface area contributed by atoms with E-state index in [0.717, 1.165) is 18.4 Å². The lowest BCUT2D eigenvalue weighted by atomic mass is 9.98. The van der Waals surface area contributed by atoms with Crippen LogP contribution in [0.3, 0.4) is 0 Å². The van der Waals surface area contributed by atoms with Crippen LogP contribution in [0.5, 0.6) is 0 Å². The van der Waals surface area contributed by atoms with Crippen LogP contribution >= 0.6 is 0 Å². The zero-order chi connectivity index (χ0) is 14.9. The first-order valence-electron chi connectivity index (χ1n) is 7.01. The van der Waals surface area contributed by atoms with Crippen molar-refractivity contribution in [2.24, 2.45) is 0 Å². The lowest BCUT2D eigenvalue weighted by molar-refractivity contribution is 0.0872. The molecule has 0 saturated carbocycles. The highest BCUT2D eigenvalue weighted by atomic mass is 16.2. The first kappa shape index (κ1) is 14.6. The van der Waals surface area contributed by atoms with Crippen LogP contribution in [0.1, 0.15) is 34.3 Å². The molecular formula is C16H22N2O2. The molecule has 0 radical (unpaired) electrons. The van der Waals surface area contributed by atoms with Crippen molar-refractivity contribution in [1.82, 2.24) is 9.80 Å². The highest BCUT2D eigenvalue weighted by Gasteiger charge is 2.35. The van der Waals surface area contributed by atoms with E-state index in [1.54, 1.807) is 19.0 Å². The van der Waals surface area contributed by atoms with Gasteiger partial charge in [0.05, 0.1) is 6.04 Å². The fraction of sp³-hybridized carbons (Fsp3) is 0.500. The Morgan fingerprint density at radius 1 is 1.20 bits per heavy atom. The SMILES string of the molecule is Cc1ccc(C(=O)C2CCCN2C(=O)N(C)C)cc1C. The number of Topliss-reactive ketones (excluding diaryl/α,β-unsaturated/α-hetero) is 1. The number of urea groups is 1. The van der Waals surface area contributed by atoms with Gasteiger partial charge in [-0.3, -0.25) is 4.79 Å². The molecule has 0 bridgehead atoms. The first-order chi connectivity index (χ1) is 9.41. The summed E-state index contributed by atoms with van der Waals surface area (Å²) in [5.41, 5.74) is 2.99.